The fourth-order valence-corrected chi connectivity index (χ4v) is 1.78. The van der Waals surface area contributed by atoms with Crippen LogP contribution in [-0.4, -0.2) is 22.7 Å². The van der Waals surface area contributed by atoms with Crippen LogP contribution in [0.4, 0.5) is 0 Å². The summed E-state index contributed by atoms with van der Waals surface area (Å²) in [7, 11) is 0. The standard InChI is InChI=1S/C9H10N2O2/c12-4-7-3-8-11(10-7)5-9(1-2-9)6-13-8/h3-4H,1-2,5-6H2. The molecular weight excluding hydrogens is 168 g/mol. The monoisotopic (exact) mass is 178 g/mol. The molecule has 2 heterocycles. The molecule has 68 valence electrons. The van der Waals surface area contributed by atoms with Gasteiger partial charge in [0, 0.05) is 11.5 Å². The molecule has 1 aliphatic heterocycles. The molecule has 1 aromatic rings. The fourth-order valence-electron chi connectivity index (χ4n) is 1.78. The summed E-state index contributed by atoms with van der Waals surface area (Å²) in [5, 5.41) is 4.13. The summed E-state index contributed by atoms with van der Waals surface area (Å²) >= 11 is 0. The maximum absolute atomic E-state index is 10.5. The third-order valence-electron chi connectivity index (χ3n) is 2.85. The minimum atomic E-state index is 0.346. The molecule has 0 radical (unpaired) electrons. The number of rotatable bonds is 1. The molecule has 0 saturated heterocycles. The third kappa shape index (κ3) is 0.978. The van der Waals surface area contributed by atoms with E-state index in [1.807, 2.05) is 0 Å². The molecule has 2 aliphatic rings. The van der Waals surface area contributed by atoms with E-state index in [2.05, 4.69) is 5.10 Å². The van der Waals surface area contributed by atoms with Crippen molar-refractivity contribution < 1.29 is 9.53 Å². The highest BCUT2D eigenvalue weighted by Gasteiger charge is 2.47. The van der Waals surface area contributed by atoms with Gasteiger partial charge in [-0.2, -0.15) is 5.10 Å². The van der Waals surface area contributed by atoms with Crippen LogP contribution >= 0.6 is 0 Å². The normalized spacial score (nSPS) is 22.2. The van der Waals surface area contributed by atoms with Crippen LogP contribution in [0.15, 0.2) is 6.07 Å². The zero-order valence-corrected chi connectivity index (χ0v) is 7.19. The van der Waals surface area contributed by atoms with Crippen LogP contribution in [0, 0.1) is 5.41 Å². The smallest absolute Gasteiger partial charge is 0.212 e. The van der Waals surface area contributed by atoms with E-state index in [9.17, 15) is 4.79 Å². The van der Waals surface area contributed by atoms with Crippen molar-refractivity contribution in [3.8, 4) is 5.88 Å². The molecule has 4 nitrogen and oxygen atoms in total. The van der Waals surface area contributed by atoms with E-state index < -0.39 is 0 Å². The Morgan fingerprint density at radius 3 is 3.15 bits per heavy atom. The molecule has 0 N–H and O–H groups in total. The van der Waals surface area contributed by atoms with Crippen LogP contribution in [0.2, 0.25) is 0 Å². The first-order valence-electron chi connectivity index (χ1n) is 4.47. The fraction of sp³-hybridized carbons (Fsp3) is 0.556. The van der Waals surface area contributed by atoms with Crippen LogP contribution in [-0.2, 0) is 6.54 Å². The Kier molecular flexibility index (Phi) is 1.17. The number of nitrogens with zero attached hydrogens (tertiary/aromatic N) is 2. The van der Waals surface area contributed by atoms with E-state index in [1.54, 1.807) is 10.7 Å². The summed E-state index contributed by atoms with van der Waals surface area (Å²) in [6, 6.07) is 1.70. The van der Waals surface area contributed by atoms with E-state index in [0.29, 0.717) is 11.1 Å². The molecule has 4 heteroatoms. The van der Waals surface area contributed by atoms with E-state index in [-0.39, 0.29) is 0 Å². The van der Waals surface area contributed by atoms with Gasteiger partial charge in [0.15, 0.2) is 6.29 Å². The van der Waals surface area contributed by atoms with Gasteiger partial charge in [-0.15, -0.1) is 0 Å². The second kappa shape index (κ2) is 2.13. The van der Waals surface area contributed by atoms with Crippen molar-refractivity contribution >= 4 is 6.29 Å². The van der Waals surface area contributed by atoms with Gasteiger partial charge in [-0.3, -0.25) is 4.79 Å². The average Bonchev–Trinajstić information content (AvgIpc) is 2.77. The number of aldehydes is 1. The molecule has 1 saturated carbocycles. The molecule has 0 unspecified atom stereocenters. The first kappa shape index (κ1) is 7.12. The lowest BCUT2D eigenvalue weighted by atomic mass is 10.1. The topological polar surface area (TPSA) is 44.1 Å². The molecule has 0 atom stereocenters. The van der Waals surface area contributed by atoms with Crippen LogP contribution in [0.1, 0.15) is 23.3 Å². The SMILES string of the molecule is O=Cc1cc2n(n1)CC1(CC1)CO2. The first-order chi connectivity index (χ1) is 6.31. The predicted molar refractivity (Wildman–Crippen MR) is 44.8 cm³/mol. The minimum absolute atomic E-state index is 0.346. The first-order valence-corrected chi connectivity index (χ1v) is 4.47. The Morgan fingerprint density at radius 1 is 1.62 bits per heavy atom. The number of hydrogen-bond acceptors (Lipinski definition) is 3. The van der Waals surface area contributed by atoms with Gasteiger partial charge in [0.25, 0.3) is 0 Å². The highest BCUT2D eigenvalue weighted by molar-refractivity contribution is 5.72. The highest BCUT2D eigenvalue weighted by Crippen LogP contribution is 2.49. The Balaban J connectivity index is 1.98. The van der Waals surface area contributed by atoms with Gasteiger partial charge in [-0.25, -0.2) is 4.68 Å². The zero-order chi connectivity index (χ0) is 8.89. The van der Waals surface area contributed by atoms with Gasteiger partial charge in [0.2, 0.25) is 5.88 Å². The van der Waals surface area contributed by atoms with Gasteiger partial charge < -0.3 is 4.74 Å². The molecule has 1 aliphatic carbocycles. The highest BCUT2D eigenvalue weighted by atomic mass is 16.5. The zero-order valence-electron chi connectivity index (χ0n) is 7.19. The molecule has 0 bridgehead atoms. The van der Waals surface area contributed by atoms with Gasteiger partial charge in [0.1, 0.15) is 5.69 Å². The third-order valence-corrected chi connectivity index (χ3v) is 2.85. The van der Waals surface area contributed by atoms with Crippen LogP contribution in [0.25, 0.3) is 0 Å². The van der Waals surface area contributed by atoms with Crippen molar-refractivity contribution in [2.75, 3.05) is 6.61 Å². The van der Waals surface area contributed by atoms with Crippen LogP contribution in [0.3, 0.4) is 0 Å². The molecule has 3 rings (SSSR count). The summed E-state index contributed by atoms with van der Waals surface area (Å²) in [6.45, 7) is 1.70. The Labute approximate surface area is 75.5 Å². The van der Waals surface area contributed by atoms with Crippen molar-refractivity contribution in [2.45, 2.75) is 19.4 Å². The summed E-state index contributed by atoms with van der Waals surface area (Å²) < 4.78 is 7.33. The van der Waals surface area contributed by atoms with E-state index in [1.165, 1.54) is 12.8 Å². The summed E-state index contributed by atoms with van der Waals surface area (Å²) in [5.41, 5.74) is 0.812. The molecule has 1 spiro atoms. The van der Waals surface area contributed by atoms with Crippen LogP contribution < -0.4 is 4.74 Å². The lowest BCUT2D eigenvalue weighted by molar-refractivity contribution is 0.111. The Bertz CT molecular complexity index is 366. The number of hydrogen-bond donors (Lipinski definition) is 0. The Morgan fingerprint density at radius 2 is 2.46 bits per heavy atom. The van der Waals surface area contributed by atoms with Crippen molar-refractivity contribution in [3.63, 3.8) is 0 Å². The molecule has 13 heavy (non-hydrogen) atoms. The van der Waals surface area contributed by atoms with Crippen molar-refractivity contribution in [3.05, 3.63) is 11.8 Å². The molecule has 1 aromatic heterocycles. The largest absolute Gasteiger partial charge is 0.477 e. The number of carbonyl (C=O) groups excluding carboxylic acids is 1. The van der Waals surface area contributed by atoms with E-state index >= 15 is 0 Å². The molecule has 0 amide bonds. The average molecular weight is 178 g/mol. The number of carbonyl (C=O) groups is 1. The number of aromatic nitrogens is 2. The number of ether oxygens (including phenoxy) is 1. The van der Waals surface area contributed by atoms with Crippen molar-refractivity contribution in [1.82, 2.24) is 9.78 Å². The second-order valence-corrected chi connectivity index (χ2v) is 3.97. The lowest BCUT2D eigenvalue weighted by Gasteiger charge is -2.22. The summed E-state index contributed by atoms with van der Waals surface area (Å²) in [6.07, 6.45) is 3.21. The Hall–Kier alpha value is -1.32. The van der Waals surface area contributed by atoms with Crippen molar-refractivity contribution in [2.24, 2.45) is 5.41 Å². The quantitative estimate of drug-likeness (QED) is 0.599. The van der Waals surface area contributed by atoms with Crippen LogP contribution in [0.5, 0.6) is 5.88 Å². The maximum Gasteiger partial charge on any atom is 0.212 e. The van der Waals surface area contributed by atoms with Gasteiger partial charge >= 0.3 is 0 Å². The lowest BCUT2D eigenvalue weighted by Crippen LogP contribution is -2.26. The summed E-state index contributed by atoms with van der Waals surface area (Å²) in [5.74, 6) is 0.736. The predicted octanol–water partition coefficient (Wildman–Crippen LogP) is 0.868. The van der Waals surface area contributed by atoms with E-state index in [0.717, 1.165) is 25.3 Å². The van der Waals surface area contributed by atoms with Gasteiger partial charge in [-0.05, 0) is 12.8 Å². The van der Waals surface area contributed by atoms with Crippen molar-refractivity contribution in [1.29, 1.82) is 0 Å². The van der Waals surface area contributed by atoms with Gasteiger partial charge in [-0.1, -0.05) is 0 Å². The summed E-state index contributed by atoms with van der Waals surface area (Å²) in [4.78, 5) is 10.5. The maximum atomic E-state index is 10.5. The molecule has 0 aromatic carbocycles. The second-order valence-electron chi connectivity index (χ2n) is 3.97. The van der Waals surface area contributed by atoms with Gasteiger partial charge in [0.05, 0.1) is 13.2 Å². The molecular formula is C9H10N2O2. The molecule has 1 fully saturated rings. The van der Waals surface area contributed by atoms with E-state index in [4.69, 9.17) is 4.74 Å². The minimum Gasteiger partial charge on any atom is -0.477 e. The number of fused-ring (bicyclic) bond motifs is 1.